The van der Waals surface area contributed by atoms with Gasteiger partial charge in [0.05, 0.1) is 12.4 Å². The summed E-state index contributed by atoms with van der Waals surface area (Å²) in [6.45, 7) is 3.19. The average Bonchev–Trinajstić information content (AvgIpc) is 3.15. The van der Waals surface area contributed by atoms with E-state index in [4.69, 9.17) is 10.8 Å². The van der Waals surface area contributed by atoms with Crippen molar-refractivity contribution in [1.82, 2.24) is 25.9 Å². The number of rotatable bonds is 12. The van der Waals surface area contributed by atoms with Crippen LogP contribution in [0.1, 0.15) is 26.0 Å². The fraction of sp³-hybridized carbons (Fsp3) is 0.588. The van der Waals surface area contributed by atoms with Crippen molar-refractivity contribution in [3.05, 3.63) is 18.2 Å². The minimum Gasteiger partial charge on any atom is -0.480 e. The Morgan fingerprint density at radius 3 is 2.34 bits per heavy atom. The number of aromatic amines is 1. The largest absolute Gasteiger partial charge is 0.480 e. The van der Waals surface area contributed by atoms with E-state index >= 15 is 0 Å². The SMILES string of the molecule is CC(C)CC(NC(=O)C(N)Cc1cnc[nH]1)C(=O)NC(CS)C(=O)NCC(=O)O. The molecule has 0 saturated heterocycles. The number of carboxylic acids is 1. The fourth-order valence-electron chi connectivity index (χ4n) is 2.46. The van der Waals surface area contributed by atoms with Crippen LogP contribution in [0.4, 0.5) is 0 Å². The van der Waals surface area contributed by atoms with Gasteiger partial charge in [-0.05, 0) is 12.3 Å². The number of aliphatic carboxylic acids is 1. The van der Waals surface area contributed by atoms with Crippen LogP contribution >= 0.6 is 12.6 Å². The number of aromatic nitrogens is 2. The van der Waals surface area contributed by atoms with Crippen LogP contribution in [0.25, 0.3) is 0 Å². The predicted molar refractivity (Wildman–Crippen MR) is 108 cm³/mol. The first kappa shape index (κ1) is 24.4. The number of thiol groups is 1. The lowest BCUT2D eigenvalue weighted by Crippen LogP contribution is -2.57. The van der Waals surface area contributed by atoms with Crippen molar-refractivity contribution >= 4 is 36.3 Å². The van der Waals surface area contributed by atoms with E-state index in [1.807, 2.05) is 13.8 Å². The van der Waals surface area contributed by atoms with Gasteiger partial charge in [-0.1, -0.05) is 13.8 Å². The Kier molecular flexibility index (Phi) is 10.2. The smallest absolute Gasteiger partial charge is 0.322 e. The third-order valence-corrected chi connectivity index (χ3v) is 4.27. The van der Waals surface area contributed by atoms with Crippen molar-refractivity contribution in [3.63, 3.8) is 0 Å². The highest BCUT2D eigenvalue weighted by Gasteiger charge is 2.28. The molecule has 1 aromatic rings. The minimum absolute atomic E-state index is 0.0428. The van der Waals surface area contributed by atoms with Gasteiger partial charge in [0, 0.05) is 24.1 Å². The molecule has 3 amide bonds. The van der Waals surface area contributed by atoms with E-state index in [-0.39, 0.29) is 18.1 Å². The number of H-pyrrole nitrogens is 1. The highest BCUT2D eigenvalue weighted by Crippen LogP contribution is 2.07. The van der Waals surface area contributed by atoms with Gasteiger partial charge in [0.15, 0.2) is 0 Å². The molecule has 3 unspecified atom stereocenters. The molecule has 0 saturated carbocycles. The number of hydrogen-bond acceptors (Lipinski definition) is 7. The number of amides is 3. The normalized spacial score (nSPS) is 14.0. The van der Waals surface area contributed by atoms with Gasteiger partial charge >= 0.3 is 5.97 Å². The summed E-state index contributed by atoms with van der Waals surface area (Å²) in [5, 5.41) is 15.9. The quantitative estimate of drug-likeness (QED) is 0.196. The Hall–Kier alpha value is -2.60. The number of nitrogens with zero attached hydrogens (tertiary/aromatic N) is 1. The second-order valence-electron chi connectivity index (χ2n) is 6.93. The number of imidazole rings is 1. The topological polar surface area (TPSA) is 179 Å². The third-order valence-electron chi connectivity index (χ3n) is 3.90. The highest BCUT2D eigenvalue weighted by molar-refractivity contribution is 7.80. The van der Waals surface area contributed by atoms with E-state index in [0.29, 0.717) is 12.1 Å². The molecule has 1 aromatic heterocycles. The maximum absolute atomic E-state index is 12.7. The van der Waals surface area contributed by atoms with Crippen LogP contribution in [0.3, 0.4) is 0 Å². The van der Waals surface area contributed by atoms with E-state index in [1.165, 1.54) is 6.33 Å². The van der Waals surface area contributed by atoms with Gasteiger partial charge < -0.3 is 31.8 Å². The van der Waals surface area contributed by atoms with Gasteiger partial charge in [-0.3, -0.25) is 19.2 Å². The molecule has 0 spiro atoms. The average molecular weight is 429 g/mol. The molecular formula is C17H28N6O5S. The molecule has 0 aromatic carbocycles. The summed E-state index contributed by atoms with van der Waals surface area (Å²) >= 11 is 4.02. The number of carbonyl (C=O) groups excluding carboxylic acids is 3. The monoisotopic (exact) mass is 428 g/mol. The Labute approximate surface area is 174 Å². The maximum Gasteiger partial charge on any atom is 0.322 e. The molecule has 162 valence electrons. The Balaban J connectivity index is 2.73. The van der Waals surface area contributed by atoms with E-state index < -0.39 is 48.4 Å². The number of nitrogens with one attached hydrogen (secondary N) is 4. The molecule has 29 heavy (non-hydrogen) atoms. The number of hydrogen-bond donors (Lipinski definition) is 7. The van der Waals surface area contributed by atoms with Crippen molar-refractivity contribution in [3.8, 4) is 0 Å². The van der Waals surface area contributed by atoms with Crippen molar-refractivity contribution in [1.29, 1.82) is 0 Å². The third kappa shape index (κ3) is 8.96. The first-order chi connectivity index (χ1) is 13.6. The van der Waals surface area contributed by atoms with Crippen LogP contribution in [0.15, 0.2) is 12.5 Å². The molecule has 0 aliphatic carbocycles. The summed E-state index contributed by atoms with van der Waals surface area (Å²) in [6, 6.07) is -2.85. The zero-order valence-corrected chi connectivity index (χ0v) is 17.2. The summed E-state index contributed by atoms with van der Waals surface area (Å²) < 4.78 is 0. The number of carboxylic acid groups (broad SMARTS) is 1. The lowest BCUT2D eigenvalue weighted by Gasteiger charge is -2.24. The highest BCUT2D eigenvalue weighted by atomic mass is 32.1. The molecule has 0 radical (unpaired) electrons. The van der Waals surface area contributed by atoms with E-state index in [2.05, 4.69) is 38.5 Å². The Bertz CT molecular complexity index is 696. The molecule has 0 aliphatic heterocycles. The van der Waals surface area contributed by atoms with Crippen LogP contribution < -0.4 is 21.7 Å². The van der Waals surface area contributed by atoms with Crippen LogP contribution in [0, 0.1) is 5.92 Å². The summed E-state index contributed by atoms with van der Waals surface area (Å²) in [5.74, 6) is -2.95. The summed E-state index contributed by atoms with van der Waals surface area (Å²) in [7, 11) is 0. The second kappa shape index (κ2) is 12.1. The predicted octanol–water partition coefficient (Wildman–Crippen LogP) is -1.57. The molecule has 7 N–H and O–H groups in total. The molecule has 0 bridgehead atoms. The first-order valence-corrected chi connectivity index (χ1v) is 9.71. The van der Waals surface area contributed by atoms with Crippen LogP contribution in [0.2, 0.25) is 0 Å². The van der Waals surface area contributed by atoms with Crippen LogP contribution in [0.5, 0.6) is 0 Å². The first-order valence-electron chi connectivity index (χ1n) is 9.08. The van der Waals surface area contributed by atoms with Gasteiger partial charge in [-0.2, -0.15) is 12.6 Å². The van der Waals surface area contributed by atoms with E-state index in [0.717, 1.165) is 0 Å². The molecule has 11 nitrogen and oxygen atoms in total. The van der Waals surface area contributed by atoms with Crippen molar-refractivity contribution in [2.24, 2.45) is 11.7 Å². The van der Waals surface area contributed by atoms with Gasteiger partial charge in [0.2, 0.25) is 17.7 Å². The molecule has 0 fully saturated rings. The number of nitrogens with two attached hydrogens (primary N) is 1. The maximum atomic E-state index is 12.7. The van der Waals surface area contributed by atoms with Crippen molar-refractivity contribution < 1.29 is 24.3 Å². The lowest BCUT2D eigenvalue weighted by atomic mass is 10.0. The standard InChI is InChI=1S/C17H28N6O5S/c1-9(2)3-12(22-15(26)11(18)4-10-5-19-8-21-10)17(28)23-13(7-29)16(27)20-6-14(24)25/h5,8-9,11-13,29H,3-4,6-7,18H2,1-2H3,(H,19,21)(H,20,27)(H,22,26)(H,23,28)(H,24,25). The zero-order valence-electron chi connectivity index (χ0n) is 16.3. The minimum atomic E-state index is -1.21. The van der Waals surface area contributed by atoms with Crippen molar-refractivity contribution in [2.75, 3.05) is 12.3 Å². The van der Waals surface area contributed by atoms with Crippen molar-refractivity contribution in [2.45, 2.75) is 44.8 Å². The number of carbonyl (C=O) groups is 4. The molecule has 1 rings (SSSR count). The molecular weight excluding hydrogens is 400 g/mol. The summed E-state index contributed by atoms with van der Waals surface area (Å²) in [5.41, 5.74) is 6.59. The molecule has 1 heterocycles. The molecule has 12 heteroatoms. The van der Waals surface area contributed by atoms with Gasteiger partial charge in [-0.15, -0.1) is 0 Å². The van der Waals surface area contributed by atoms with Crippen LogP contribution in [-0.4, -0.2) is 69.2 Å². The second-order valence-corrected chi connectivity index (χ2v) is 7.30. The lowest BCUT2D eigenvalue weighted by molar-refractivity contribution is -0.138. The molecule has 0 aliphatic rings. The fourth-order valence-corrected chi connectivity index (χ4v) is 2.72. The van der Waals surface area contributed by atoms with Gasteiger partial charge in [0.25, 0.3) is 0 Å². The van der Waals surface area contributed by atoms with Gasteiger partial charge in [-0.25, -0.2) is 4.98 Å². The van der Waals surface area contributed by atoms with Crippen LogP contribution in [-0.2, 0) is 25.6 Å². The Morgan fingerprint density at radius 1 is 1.17 bits per heavy atom. The zero-order chi connectivity index (χ0) is 22.0. The summed E-state index contributed by atoms with van der Waals surface area (Å²) in [6.07, 6.45) is 3.57. The van der Waals surface area contributed by atoms with Gasteiger partial charge in [0.1, 0.15) is 18.6 Å². The van der Waals surface area contributed by atoms with E-state index in [9.17, 15) is 19.2 Å². The van der Waals surface area contributed by atoms with E-state index in [1.54, 1.807) is 6.20 Å². The summed E-state index contributed by atoms with van der Waals surface area (Å²) in [4.78, 5) is 54.4. The Morgan fingerprint density at radius 2 is 1.83 bits per heavy atom. The molecule has 3 atom stereocenters.